The normalized spacial score (nSPS) is 10.3. The lowest BCUT2D eigenvalue weighted by Crippen LogP contribution is -2.28. The molecule has 1 aromatic carbocycles. The van der Waals surface area contributed by atoms with Crippen molar-refractivity contribution in [2.24, 2.45) is 0 Å². The number of rotatable bonds is 3. The molecule has 0 bridgehead atoms. The van der Waals surface area contributed by atoms with E-state index in [9.17, 15) is 0 Å². The van der Waals surface area contributed by atoms with Gasteiger partial charge >= 0.3 is 0 Å². The molecule has 0 heterocycles. The second kappa shape index (κ2) is 5.64. The Kier molecular flexibility index (Phi) is 4.78. The van der Waals surface area contributed by atoms with Gasteiger partial charge in [0.1, 0.15) is 9.65 Å². The highest BCUT2D eigenvalue weighted by molar-refractivity contribution is 6.59. The first-order chi connectivity index (χ1) is 7.04. The van der Waals surface area contributed by atoms with E-state index in [4.69, 9.17) is 34.8 Å². The van der Waals surface area contributed by atoms with Crippen LogP contribution in [0.2, 0.25) is 0 Å². The van der Waals surface area contributed by atoms with Crippen LogP contribution in [0.4, 0.5) is 5.69 Å². The Morgan fingerprint density at radius 1 is 1.07 bits per heavy atom. The van der Waals surface area contributed by atoms with Crippen molar-refractivity contribution in [2.75, 3.05) is 4.90 Å². The molecule has 0 N–H and O–H groups in total. The Labute approximate surface area is 105 Å². The molecule has 0 saturated heterocycles. The maximum Gasteiger partial charge on any atom is 0.142 e. The Morgan fingerprint density at radius 2 is 1.60 bits per heavy atom. The van der Waals surface area contributed by atoms with Gasteiger partial charge in [-0.25, -0.2) is 0 Å². The SMILES string of the molecule is CC(C)N(C(Cl)=C(Cl)Cl)c1ccccc1. The molecular formula is C11H12Cl3N. The number of hydrogen-bond donors (Lipinski definition) is 0. The van der Waals surface area contributed by atoms with Gasteiger partial charge in [0.2, 0.25) is 0 Å². The molecular weight excluding hydrogens is 252 g/mol. The summed E-state index contributed by atoms with van der Waals surface area (Å²) in [6.07, 6.45) is 0. The van der Waals surface area contributed by atoms with Crippen molar-refractivity contribution < 1.29 is 0 Å². The summed E-state index contributed by atoms with van der Waals surface area (Å²) in [5.41, 5.74) is 0.969. The smallest absolute Gasteiger partial charge is 0.142 e. The lowest BCUT2D eigenvalue weighted by atomic mass is 10.2. The van der Waals surface area contributed by atoms with Gasteiger partial charge in [-0.2, -0.15) is 0 Å². The van der Waals surface area contributed by atoms with Gasteiger partial charge in [-0.3, -0.25) is 0 Å². The lowest BCUT2D eigenvalue weighted by Gasteiger charge is -2.28. The molecule has 0 aliphatic heterocycles. The third kappa shape index (κ3) is 3.30. The summed E-state index contributed by atoms with van der Waals surface area (Å²) in [5, 5.41) is 0.347. The first kappa shape index (κ1) is 12.7. The van der Waals surface area contributed by atoms with E-state index in [1.165, 1.54) is 0 Å². The first-order valence-corrected chi connectivity index (χ1v) is 5.72. The van der Waals surface area contributed by atoms with Gasteiger partial charge in [-0.05, 0) is 26.0 Å². The second-order valence-corrected chi connectivity index (χ2v) is 4.66. The van der Waals surface area contributed by atoms with Crippen LogP contribution in [-0.4, -0.2) is 6.04 Å². The zero-order chi connectivity index (χ0) is 11.4. The van der Waals surface area contributed by atoms with Crippen molar-refractivity contribution in [3.05, 3.63) is 40.0 Å². The molecule has 0 amide bonds. The highest BCUT2D eigenvalue weighted by atomic mass is 35.5. The number of nitrogens with zero attached hydrogens (tertiary/aromatic N) is 1. The zero-order valence-electron chi connectivity index (χ0n) is 8.55. The lowest BCUT2D eigenvalue weighted by molar-refractivity contribution is 0.774. The minimum Gasteiger partial charge on any atom is -0.328 e. The molecule has 0 atom stereocenters. The van der Waals surface area contributed by atoms with E-state index in [1.807, 2.05) is 49.1 Å². The molecule has 0 aliphatic carbocycles. The van der Waals surface area contributed by atoms with Gasteiger partial charge in [-0.15, -0.1) is 0 Å². The molecule has 0 unspecified atom stereocenters. The Hall–Kier alpha value is -0.370. The third-order valence-electron chi connectivity index (χ3n) is 1.92. The molecule has 15 heavy (non-hydrogen) atoms. The van der Waals surface area contributed by atoms with Gasteiger partial charge in [0.15, 0.2) is 0 Å². The monoisotopic (exact) mass is 263 g/mol. The fourth-order valence-electron chi connectivity index (χ4n) is 1.32. The molecule has 4 heteroatoms. The van der Waals surface area contributed by atoms with E-state index in [1.54, 1.807) is 0 Å². The summed E-state index contributed by atoms with van der Waals surface area (Å²) in [5.74, 6) is 0. The second-order valence-electron chi connectivity index (χ2n) is 3.35. The topological polar surface area (TPSA) is 3.24 Å². The van der Waals surface area contributed by atoms with E-state index >= 15 is 0 Å². The van der Waals surface area contributed by atoms with Crippen molar-refractivity contribution in [3.8, 4) is 0 Å². The summed E-state index contributed by atoms with van der Waals surface area (Å²) in [6, 6.07) is 9.93. The fourth-order valence-corrected chi connectivity index (χ4v) is 1.79. The van der Waals surface area contributed by atoms with Crippen LogP contribution in [0.5, 0.6) is 0 Å². The van der Waals surface area contributed by atoms with Crippen molar-refractivity contribution in [1.29, 1.82) is 0 Å². The molecule has 0 aromatic heterocycles. The Bertz CT molecular complexity index is 342. The Balaban J connectivity index is 3.11. The summed E-state index contributed by atoms with van der Waals surface area (Å²) in [4.78, 5) is 1.87. The standard InChI is InChI=1S/C11H12Cl3N/c1-8(2)15(11(14)10(12)13)9-6-4-3-5-7-9/h3-8H,1-2H3. The Morgan fingerprint density at radius 3 is 2.00 bits per heavy atom. The highest BCUT2D eigenvalue weighted by Gasteiger charge is 2.16. The van der Waals surface area contributed by atoms with E-state index in [-0.39, 0.29) is 10.5 Å². The predicted octanol–water partition coefficient (Wildman–Crippen LogP) is 4.74. The molecule has 0 saturated carbocycles. The van der Waals surface area contributed by atoms with Crippen LogP contribution in [0, 0.1) is 0 Å². The minimum absolute atomic E-state index is 0.0780. The zero-order valence-corrected chi connectivity index (χ0v) is 10.8. The summed E-state index contributed by atoms with van der Waals surface area (Å²) in [6.45, 7) is 4.04. The minimum atomic E-state index is 0.0780. The van der Waals surface area contributed by atoms with E-state index in [0.29, 0.717) is 5.16 Å². The molecule has 1 aromatic rings. The van der Waals surface area contributed by atoms with Crippen molar-refractivity contribution >= 4 is 40.5 Å². The van der Waals surface area contributed by atoms with Crippen LogP contribution in [0.1, 0.15) is 13.8 Å². The molecule has 0 aliphatic rings. The largest absolute Gasteiger partial charge is 0.328 e. The molecule has 0 radical (unpaired) electrons. The summed E-state index contributed by atoms with van der Waals surface area (Å²) >= 11 is 17.4. The first-order valence-electron chi connectivity index (χ1n) is 4.59. The van der Waals surface area contributed by atoms with Gasteiger partial charge in [0, 0.05) is 11.7 Å². The molecule has 1 rings (SSSR count). The number of halogens is 3. The van der Waals surface area contributed by atoms with Crippen molar-refractivity contribution in [1.82, 2.24) is 0 Å². The average molecular weight is 265 g/mol. The van der Waals surface area contributed by atoms with Crippen LogP contribution in [0.3, 0.4) is 0 Å². The number of benzene rings is 1. The molecule has 0 spiro atoms. The van der Waals surface area contributed by atoms with Crippen molar-refractivity contribution in [3.63, 3.8) is 0 Å². The van der Waals surface area contributed by atoms with Crippen LogP contribution in [0.15, 0.2) is 40.0 Å². The van der Waals surface area contributed by atoms with Gasteiger partial charge in [0.05, 0.1) is 0 Å². The maximum atomic E-state index is 6.05. The van der Waals surface area contributed by atoms with Crippen LogP contribution >= 0.6 is 34.8 Å². The molecule has 0 fully saturated rings. The van der Waals surface area contributed by atoms with Gasteiger partial charge in [-0.1, -0.05) is 53.0 Å². The predicted molar refractivity (Wildman–Crippen MR) is 68.6 cm³/mol. The van der Waals surface area contributed by atoms with E-state index in [0.717, 1.165) is 5.69 Å². The summed E-state index contributed by atoms with van der Waals surface area (Å²) in [7, 11) is 0. The van der Waals surface area contributed by atoms with Crippen LogP contribution in [-0.2, 0) is 0 Å². The average Bonchev–Trinajstić information content (AvgIpc) is 2.18. The van der Waals surface area contributed by atoms with Gasteiger partial charge < -0.3 is 4.90 Å². The van der Waals surface area contributed by atoms with Crippen LogP contribution in [0.25, 0.3) is 0 Å². The summed E-state index contributed by atoms with van der Waals surface area (Å²) < 4.78 is 0.0780. The van der Waals surface area contributed by atoms with Crippen molar-refractivity contribution in [2.45, 2.75) is 19.9 Å². The number of anilines is 1. The van der Waals surface area contributed by atoms with Crippen LogP contribution < -0.4 is 4.90 Å². The third-order valence-corrected chi connectivity index (χ3v) is 2.84. The molecule has 82 valence electrons. The highest BCUT2D eigenvalue weighted by Crippen LogP contribution is 2.29. The van der Waals surface area contributed by atoms with E-state index < -0.39 is 0 Å². The number of para-hydroxylation sites is 1. The maximum absolute atomic E-state index is 6.05. The van der Waals surface area contributed by atoms with Gasteiger partial charge in [0.25, 0.3) is 0 Å². The fraction of sp³-hybridized carbons (Fsp3) is 0.273. The molecule has 1 nitrogen and oxygen atoms in total. The number of hydrogen-bond acceptors (Lipinski definition) is 1. The quantitative estimate of drug-likeness (QED) is 0.713. The van der Waals surface area contributed by atoms with E-state index in [2.05, 4.69) is 0 Å².